The highest BCUT2D eigenvalue weighted by Crippen LogP contribution is 2.33. The number of pyridine rings is 2. The Hall–Kier alpha value is -2.13. The number of benzene rings is 1. The van der Waals surface area contributed by atoms with Gasteiger partial charge in [-0.25, -0.2) is 0 Å². The monoisotopic (exact) mass is 298 g/mol. The van der Waals surface area contributed by atoms with E-state index in [9.17, 15) is 5.11 Å². The molecule has 0 saturated carbocycles. The maximum Gasteiger partial charge on any atom is 0.137 e. The van der Waals surface area contributed by atoms with Gasteiger partial charge >= 0.3 is 0 Å². The maximum absolute atomic E-state index is 10.1. The summed E-state index contributed by atoms with van der Waals surface area (Å²) in [4.78, 5) is 8.70. The van der Waals surface area contributed by atoms with Gasteiger partial charge in [-0.1, -0.05) is 37.6 Å². The summed E-state index contributed by atoms with van der Waals surface area (Å²) < 4.78 is 0. The van der Waals surface area contributed by atoms with Gasteiger partial charge < -0.3 is 5.11 Å². The van der Waals surface area contributed by atoms with Gasteiger partial charge in [-0.3, -0.25) is 9.97 Å². The summed E-state index contributed by atoms with van der Waals surface area (Å²) in [6.07, 6.45) is 3.50. The average molecular weight is 299 g/mol. The van der Waals surface area contributed by atoms with Crippen LogP contribution in [0, 0.1) is 0 Å². The van der Waals surface area contributed by atoms with Crippen LogP contribution in [0.4, 0.5) is 0 Å². The molecule has 21 heavy (non-hydrogen) atoms. The van der Waals surface area contributed by atoms with Crippen LogP contribution in [0.25, 0.3) is 22.0 Å². The van der Waals surface area contributed by atoms with Gasteiger partial charge in [0.1, 0.15) is 5.75 Å². The van der Waals surface area contributed by atoms with Crippen LogP contribution in [0.15, 0.2) is 42.7 Å². The SMILES string of the molecule is CC(C)c1ncc(-c2ccnc3c(Cl)cccc23)cc1O. The second kappa shape index (κ2) is 5.34. The Bertz CT molecular complexity index is 815. The predicted octanol–water partition coefficient (Wildman–Crippen LogP) is 4.78. The Morgan fingerprint density at radius 1 is 1.14 bits per heavy atom. The van der Waals surface area contributed by atoms with Crippen molar-refractivity contribution < 1.29 is 5.11 Å². The molecule has 0 aliphatic heterocycles. The third kappa shape index (κ3) is 2.45. The quantitative estimate of drug-likeness (QED) is 0.740. The molecule has 0 unspecified atom stereocenters. The first-order valence-electron chi connectivity index (χ1n) is 6.80. The minimum atomic E-state index is 0.183. The largest absolute Gasteiger partial charge is 0.506 e. The van der Waals surface area contributed by atoms with Crippen molar-refractivity contribution in [2.75, 3.05) is 0 Å². The van der Waals surface area contributed by atoms with Crippen molar-refractivity contribution in [3.05, 3.63) is 53.4 Å². The van der Waals surface area contributed by atoms with Crippen LogP contribution in [0.2, 0.25) is 5.02 Å². The van der Waals surface area contributed by atoms with E-state index in [1.165, 1.54) is 0 Å². The zero-order chi connectivity index (χ0) is 15.0. The summed E-state index contributed by atoms with van der Waals surface area (Å²) in [5, 5.41) is 11.7. The van der Waals surface area contributed by atoms with E-state index in [2.05, 4.69) is 9.97 Å². The number of aromatic hydroxyl groups is 1. The number of rotatable bonds is 2. The molecule has 3 aromatic rings. The van der Waals surface area contributed by atoms with E-state index < -0.39 is 0 Å². The molecule has 0 radical (unpaired) electrons. The molecule has 0 aliphatic carbocycles. The van der Waals surface area contributed by atoms with Crippen molar-refractivity contribution in [1.29, 1.82) is 0 Å². The van der Waals surface area contributed by atoms with Gasteiger partial charge in [0.2, 0.25) is 0 Å². The fourth-order valence-electron chi connectivity index (χ4n) is 2.45. The maximum atomic E-state index is 10.1. The van der Waals surface area contributed by atoms with Gasteiger partial charge in [-0.05, 0) is 29.7 Å². The van der Waals surface area contributed by atoms with Gasteiger partial charge in [0.05, 0.1) is 16.2 Å². The van der Waals surface area contributed by atoms with E-state index in [1.807, 2.05) is 38.1 Å². The van der Waals surface area contributed by atoms with Crippen LogP contribution in [0.3, 0.4) is 0 Å². The first-order valence-corrected chi connectivity index (χ1v) is 7.18. The first-order chi connectivity index (χ1) is 10.1. The Balaban J connectivity index is 2.22. The fraction of sp³-hybridized carbons (Fsp3) is 0.176. The van der Waals surface area contributed by atoms with Crippen molar-refractivity contribution >= 4 is 22.5 Å². The summed E-state index contributed by atoms with van der Waals surface area (Å²) in [5.41, 5.74) is 3.27. The van der Waals surface area contributed by atoms with E-state index in [0.29, 0.717) is 10.7 Å². The number of nitrogens with zero attached hydrogens (tertiary/aromatic N) is 2. The smallest absolute Gasteiger partial charge is 0.137 e. The molecule has 0 saturated heterocycles. The Labute approximate surface area is 128 Å². The molecule has 0 aliphatic rings. The molecular weight excluding hydrogens is 284 g/mol. The van der Waals surface area contributed by atoms with E-state index >= 15 is 0 Å². The summed E-state index contributed by atoms with van der Waals surface area (Å²) in [7, 11) is 0. The van der Waals surface area contributed by atoms with Crippen LogP contribution in [-0.2, 0) is 0 Å². The average Bonchev–Trinajstić information content (AvgIpc) is 2.46. The highest BCUT2D eigenvalue weighted by molar-refractivity contribution is 6.35. The lowest BCUT2D eigenvalue weighted by atomic mass is 10.0. The van der Waals surface area contributed by atoms with Crippen molar-refractivity contribution in [2.24, 2.45) is 0 Å². The molecular formula is C17H15ClN2O. The van der Waals surface area contributed by atoms with Gasteiger partial charge in [0.25, 0.3) is 0 Å². The van der Waals surface area contributed by atoms with Crippen LogP contribution in [0.5, 0.6) is 5.75 Å². The van der Waals surface area contributed by atoms with Crippen LogP contribution >= 0.6 is 11.6 Å². The van der Waals surface area contributed by atoms with Crippen molar-refractivity contribution in [3.63, 3.8) is 0 Å². The molecule has 0 spiro atoms. The van der Waals surface area contributed by atoms with E-state index in [4.69, 9.17) is 11.6 Å². The number of hydrogen-bond donors (Lipinski definition) is 1. The Kier molecular flexibility index (Phi) is 3.52. The van der Waals surface area contributed by atoms with E-state index in [0.717, 1.165) is 22.0 Å². The fourth-order valence-corrected chi connectivity index (χ4v) is 2.67. The van der Waals surface area contributed by atoms with Crippen LogP contribution < -0.4 is 0 Å². The second-order valence-corrected chi connectivity index (χ2v) is 5.68. The van der Waals surface area contributed by atoms with Gasteiger partial charge in [0.15, 0.2) is 0 Å². The number of hydrogen-bond acceptors (Lipinski definition) is 3. The van der Waals surface area contributed by atoms with Crippen LogP contribution in [-0.4, -0.2) is 15.1 Å². The zero-order valence-electron chi connectivity index (χ0n) is 11.8. The van der Waals surface area contributed by atoms with E-state index in [1.54, 1.807) is 18.5 Å². The summed E-state index contributed by atoms with van der Waals surface area (Å²) in [6.45, 7) is 4.01. The standard InChI is InChI=1S/C17H15ClN2O/c1-10(2)16-15(21)8-11(9-20-16)12-6-7-19-17-13(12)4-3-5-14(17)18/h3-10,21H,1-2H3. The molecule has 4 heteroatoms. The molecule has 0 bridgehead atoms. The first kappa shape index (κ1) is 13.8. The molecule has 3 nitrogen and oxygen atoms in total. The van der Waals surface area contributed by atoms with Crippen molar-refractivity contribution in [2.45, 2.75) is 19.8 Å². The topological polar surface area (TPSA) is 46.0 Å². The Morgan fingerprint density at radius 2 is 1.95 bits per heavy atom. The Morgan fingerprint density at radius 3 is 2.67 bits per heavy atom. The molecule has 0 fully saturated rings. The van der Waals surface area contributed by atoms with Crippen molar-refractivity contribution in [3.8, 4) is 16.9 Å². The van der Waals surface area contributed by atoms with Gasteiger partial charge in [-0.15, -0.1) is 0 Å². The third-order valence-corrected chi connectivity index (χ3v) is 3.78. The minimum Gasteiger partial charge on any atom is -0.506 e. The summed E-state index contributed by atoms with van der Waals surface area (Å²) in [6, 6.07) is 9.34. The number of fused-ring (bicyclic) bond motifs is 1. The highest BCUT2D eigenvalue weighted by atomic mass is 35.5. The lowest BCUT2D eigenvalue weighted by molar-refractivity contribution is 0.460. The summed E-state index contributed by atoms with van der Waals surface area (Å²) in [5.74, 6) is 0.400. The minimum absolute atomic E-state index is 0.183. The summed E-state index contributed by atoms with van der Waals surface area (Å²) >= 11 is 6.19. The molecule has 1 aromatic carbocycles. The molecule has 0 amide bonds. The third-order valence-electron chi connectivity index (χ3n) is 3.48. The predicted molar refractivity (Wildman–Crippen MR) is 85.7 cm³/mol. The van der Waals surface area contributed by atoms with Gasteiger partial charge in [0, 0.05) is 23.3 Å². The van der Waals surface area contributed by atoms with Crippen LogP contribution in [0.1, 0.15) is 25.5 Å². The zero-order valence-corrected chi connectivity index (χ0v) is 12.6. The lowest BCUT2D eigenvalue weighted by Gasteiger charge is -2.11. The molecule has 3 rings (SSSR count). The lowest BCUT2D eigenvalue weighted by Crippen LogP contribution is -1.94. The molecule has 2 heterocycles. The highest BCUT2D eigenvalue weighted by Gasteiger charge is 2.12. The number of para-hydroxylation sites is 1. The van der Waals surface area contributed by atoms with Crippen molar-refractivity contribution in [1.82, 2.24) is 9.97 Å². The molecule has 0 atom stereocenters. The van der Waals surface area contributed by atoms with Gasteiger partial charge in [-0.2, -0.15) is 0 Å². The second-order valence-electron chi connectivity index (χ2n) is 5.28. The number of aromatic nitrogens is 2. The number of halogens is 1. The molecule has 2 aromatic heterocycles. The normalized spacial score (nSPS) is 11.2. The molecule has 1 N–H and O–H groups in total. The molecule has 106 valence electrons. The van der Waals surface area contributed by atoms with E-state index in [-0.39, 0.29) is 11.7 Å².